The number of benzene rings is 1. The molecule has 0 radical (unpaired) electrons. The number of ether oxygens (including phenoxy) is 1. The number of methoxy groups -OCH3 is 1. The van der Waals surface area contributed by atoms with Gasteiger partial charge in [-0.05, 0) is 24.3 Å². The van der Waals surface area contributed by atoms with Crippen LogP contribution in [0.1, 0.15) is 0 Å². The molecule has 0 unspecified atom stereocenters. The molecular weight excluding hydrogens is 266 g/mol. The van der Waals surface area contributed by atoms with Crippen molar-refractivity contribution in [3.63, 3.8) is 0 Å². The first-order valence-electron chi connectivity index (χ1n) is 6.99. The Kier molecular flexibility index (Phi) is 3.77. The van der Waals surface area contributed by atoms with Crippen LogP contribution in [0.2, 0.25) is 0 Å². The molecule has 2 heterocycles. The van der Waals surface area contributed by atoms with E-state index in [0.717, 1.165) is 37.8 Å². The standard InChI is InChI=1S/C15H19N5O/c1-21-14-6-7-17-15(18-14)20-10-8-19(9-11-20)13-4-2-12(16)3-5-13/h2-7H,8-11,16H2,1H3. The summed E-state index contributed by atoms with van der Waals surface area (Å²) >= 11 is 0. The molecular formula is C15H19N5O. The van der Waals surface area contributed by atoms with Gasteiger partial charge in [-0.3, -0.25) is 0 Å². The number of nitrogen functional groups attached to an aromatic ring is 1. The predicted octanol–water partition coefficient (Wildman–Crippen LogP) is 1.39. The van der Waals surface area contributed by atoms with Crippen LogP contribution in [-0.2, 0) is 0 Å². The lowest BCUT2D eigenvalue weighted by Gasteiger charge is -2.36. The molecule has 0 saturated carbocycles. The summed E-state index contributed by atoms with van der Waals surface area (Å²) in [5.41, 5.74) is 7.72. The van der Waals surface area contributed by atoms with Crippen LogP contribution < -0.4 is 20.3 Å². The Labute approximate surface area is 124 Å². The zero-order valence-corrected chi connectivity index (χ0v) is 12.1. The van der Waals surface area contributed by atoms with Crippen molar-refractivity contribution < 1.29 is 4.74 Å². The van der Waals surface area contributed by atoms with E-state index in [2.05, 4.69) is 31.9 Å². The lowest BCUT2D eigenvalue weighted by atomic mass is 10.2. The van der Waals surface area contributed by atoms with Crippen molar-refractivity contribution in [1.82, 2.24) is 9.97 Å². The third kappa shape index (κ3) is 2.99. The second-order valence-corrected chi connectivity index (χ2v) is 4.96. The summed E-state index contributed by atoms with van der Waals surface area (Å²) in [5, 5.41) is 0. The van der Waals surface area contributed by atoms with Crippen molar-refractivity contribution >= 4 is 17.3 Å². The van der Waals surface area contributed by atoms with Gasteiger partial charge in [0.1, 0.15) is 0 Å². The Balaban J connectivity index is 1.65. The molecule has 110 valence electrons. The molecule has 1 aliphatic heterocycles. The van der Waals surface area contributed by atoms with Gasteiger partial charge >= 0.3 is 0 Å². The summed E-state index contributed by atoms with van der Waals surface area (Å²) < 4.78 is 5.15. The lowest BCUT2D eigenvalue weighted by molar-refractivity contribution is 0.396. The van der Waals surface area contributed by atoms with Crippen LogP contribution in [0.15, 0.2) is 36.5 Å². The van der Waals surface area contributed by atoms with Crippen LogP contribution in [0.5, 0.6) is 5.88 Å². The van der Waals surface area contributed by atoms with Gasteiger partial charge < -0.3 is 20.3 Å². The van der Waals surface area contributed by atoms with E-state index in [4.69, 9.17) is 10.5 Å². The molecule has 21 heavy (non-hydrogen) atoms. The molecule has 0 atom stereocenters. The lowest BCUT2D eigenvalue weighted by Crippen LogP contribution is -2.47. The van der Waals surface area contributed by atoms with Gasteiger partial charge in [-0.1, -0.05) is 0 Å². The monoisotopic (exact) mass is 285 g/mol. The third-order valence-corrected chi connectivity index (χ3v) is 3.65. The van der Waals surface area contributed by atoms with Crippen molar-refractivity contribution in [3.05, 3.63) is 36.5 Å². The van der Waals surface area contributed by atoms with E-state index in [1.807, 2.05) is 12.1 Å². The van der Waals surface area contributed by atoms with Crippen molar-refractivity contribution in [2.75, 3.05) is 48.8 Å². The molecule has 1 aromatic heterocycles. The molecule has 6 heteroatoms. The van der Waals surface area contributed by atoms with Crippen LogP contribution in [0.4, 0.5) is 17.3 Å². The Bertz CT molecular complexity index is 593. The summed E-state index contributed by atoms with van der Waals surface area (Å²) in [6.07, 6.45) is 1.73. The van der Waals surface area contributed by atoms with Crippen LogP contribution in [0.25, 0.3) is 0 Å². The normalized spacial score (nSPS) is 15.1. The van der Waals surface area contributed by atoms with Gasteiger partial charge in [-0.15, -0.1) is 0 Å². The van der Waals surface area contributed by atoms with E-state index in [-0.39, 0.29) is 0 Å². The maximum Gasteiger partial charge on any atom is 0.228 e. The highest BCUT2D eigenvalue weighted by molar-refractivity contribution is 5.54. The van der Waals surface area contributed by atoms with Gasteiger partial charge in [0.25, 0.3) is 0 Å². The minimum absolute atomic E-state index is 0.598. The maximum atomic E-state index is 5.73. The Hall–Kier alpha value is -2.50. The number of rotatable bonds is 3. The average molecular weight is 285 g/mol. The van der Waals surface area contributed by atoms with Crippen LogP contribution in [0, 0.1) is 0 Å². The molecule has 0 spiro atoms. The second-order valence-electron chi connectivity index (χ2n) is 4.96. The van der Waals surface area contributed by atoms with E-state index in [9.17, 15) is 0 Å². The molecule has 1 saturated heterocycles. The fraction of sp³-hybridized carbons (Fsp3) is 0.333. The molecule has 2 N–H and O–H groups in total. The smallest absolute Gasteiger partial charge is 0.228 e. The Morgan fingerprint density at radius 2 is 1.67 bits per heavy atom. The van der Waals surface area contributed by atoms with Gasteiger partial charge in [0.05, 0.1) is 7.11 Å². The highest BCUT2D eigenvalue weighted by Gasteiger charge is 2.19. The maximum absolute atomic E-state index is 5.73. The highest BCUT2D eigenvalue weighted by Crippen LogP contribution is 2.20. The first-order chi connectivity index (χ1) is 10.3. The largest absolute Gasteiger partial charge is 0.481 e. The number of nitrogens with two attached hydrogens (primary N) is 1. The fourth-order valence-electron chi connectivity index (χ4n) is 2.45. The molecule has 2 aromatic rings. The minimum Gasteiger partial charge on any atom is -0.481 e. The highest BCUT2D eigenvalue weighted by atomic mass is 16.5. The molecule has 0 bridgehead atoms. The topological polar surface area (TPSA) is 67.5 Å². The van der Waals surface area contributed by atoms with Crippen LogP contribution in [0.3, 0.4) is 0 Å². The summed E-state index contributed by atoms with van der Waals surface area (Å²) in [7, 11) is 1.62. The zero-order chi connectivity index (χ0) is 14.7. The van der Waals surface area contributed by atoms with Crippen LogP contribution in [-0.4, -0.2) is 43.3 Å². The number of nitrogens with zero attached hydrogens (tertiary/aromatic N) is 4. The molecule has 0 amide bonds. The first kappa shape index (κ1) is 13.5. The molecule has 6 nitrogen and oxygen atoms in total. The number of piperazine rings is 1. The van der Waals surface area contributed by atoms with E-state index in [1.165, 1.54) is 5.69 Å². The summed E-state index contributed by atoms with van der Waals surface area (Å²) in [6.45, 7) is 3.64. The van der Waals surface area contributed by atoms with Crippen molar-refractivity contribution in [3.8, 4) is 5.88 Å². The fourth-order valence-corrected chi connectivity index (χ4v) is 2.45. The summed E-state index contributed by atoms with van der Waals surface area (Å²) in [4.78, 5) is 13.2. The molecule has 1 aliphatic rings. The average Bonchev–Trinajstić information content (AvgIpc) is 2.56. The zero-order valence-electron chi connectivity index (χ0n) is 12.1. The van der Waals surface area contributed by atoms with Gasteiger partial charge in [0.15, 0.2) is 0 Å². The van der Waals surface area contributed by atoms with Gasteiger partial charge in [0.2, 0.25) is 11.8 Å². The Morgan fingerprint density at radius 3 is 2.33 bits per heavy atom. The van der Waals surface area contributed by atoms with Crippen molar-refractivity contribution in [2.45, 2.75) is 0 Å². The number of hydrogen-bond acceptors (Lipinski definition) is 6. The van der Waals surface area contributed by atoms with Crippen LogP contribution >= 0.6 is 0 Å². The van der Waals surface area contributed by atoms with Crippen molar-refractivity contribution in [2.24, 2.45) is 0 Å². The SMILES string of the molecule is COc1ccnc(N2CCN(c3ccc(N)cc3)CC2)n1. The van der Waals surface area contributed by atoms with E-state index in [1.54, 1.807) is 19.4 Å². The second kappa shape index (κ2) is 5.87. The predicted molar refractivity (Wildman–Crippen MR) is 83.9 cm³/mol. The quantitative estimate of drug-likeness (QED) is 0.860. The number of aromatic nitrogens is 2. The number of hydrogen-bond donors (Lipinski definition) is 1. The van der Waals surface area contributed by atoms with E-state index >= 15 is 0 Å². The van der Waals surface area contributed by atoms with Gasteiger partial charge in [-0.2, -0.15) is 4.98 Å². The van der Waals surface area contributed by atoms with E-state index < -0.39 is 0 Å². The van der Waals surface area contributed by atoms with E-state index in [0.29, 0.717) is 5.88 Å². The molecule has 3 rings (SSSR count). The van der Waals surface area contributed by atoms with Gasteiger partial charge in [0, 0.05) is 49.8 Å². The summed E-state index contributed by atoms with van der Waals surface area (Å²) in [5.74, 6) is 1.33. The van der Waals surface area contributed by atoms with Gasteiger partial charge in [-0.25, -0.2) is 4.98 Å². The Morgan fingerprint density at radius 1 is 1.00 bits per heavy atom. The minimum atomic E-state index is 0.598. The third-order valence-electron chi connectivity index (χ3n) is 3.65. The molecule has 1 aromatic carbocycles. The first-order valence-corrected chi connectivity index (χ1v) is 6.99. The van der Waals surface area contributed by atoms with Crippen molar-refractivity contribution in [1.29, 1.82) is 0 Å². The summed E-state index contributed by atoms with van der Waals surface area (Å²) in [6, 6.07) is 9.76. The molecule has 1 fully saturated rings. The number of anilines is 3. The molecule has 0 aliphatic carbocycles.